The molecule has 1 aromatic rings. The van der Waals surface area contributed by atoms with Gasteiger partial charge in [-0.3, -0.25) is 4.79 Å². The number of benzene rings is 1. The number of hydrogen-bond donors (Lipinski definition) is 2. The van der Waals surface area contributed by atoms with E-state index in [0.29, 0.717) is 12.0 Å². The molecule has 0 fully saturated rings. The zero-order valence-corrected chi connectivity index (χ0v) is 11.0. The van der Waals surface area contributed by atoms with Crippen LogP contribution in [-0.2, 0) is 9.53 Å². The third-order valence-corrected chi connectivity index (χ3v) is 2.47. The van der Waals surface area contributed by atoms with Crippen LogP contribution in [0.4, 0.5) is 0 Å². The van der Waals surface area contributed by atoms with Crippen molar-refractivity contribution in [3.05, 3.63) is 42.0 Å². The highest BCUT2D eigenvalue weighted by Crippen LogP contribution is 2.11. The summed E-state index contributed by atoms with van der Waals surface area (Å²) in [7, 11) is 1.26. The van der Waals surface area contributed by atoms with E-state index < -0.39 is 17.9 Å². The third-order valence-electron chi connectivity index (χ3n) is 2.47. The largest absolute Gasteiger partial charge is 0.508 e. The van der Waals surface area contributed by atoms with E-state index in [4.69, 9.17) is 5.11 Å². The number of carbonyl (C=O) groups is 2. The summed E-state index contributed by atoms with van der Waals surface area (Å²) in [5.41, 5.74) is 1.12. The smallest absolute Gasteiger partial charge is 0.328 e. The second-order valence-electron chi connectivity index (χ2n) is 4.26. The molecule has 0 aromatic heterocycles. The monoisotopic (exact) mass is 263 g/mol. The van der Waals surface area contributed by atoms with Crippen molar-refractivity contribution in [1.82, 2.24) is 5.32 Å². The molecule has 1 atom stereocenters. The molecule has 0 radical (unpaired) electrons. The first-order chi connectivity index (χ1) is 8.93. The van der Waals surface area contributed by atoms with Crippen LogP contribution in [0.3, 0.4) is 0 Å². The Morgan fingerprint density at radius 3 is 2.42 bits per heavy atom. The van der Waals surface area contributed by atoms with Gasteiger partial charge in [0.05, 0.1) is 7.11 Å². The molecule has 19 heavy (non-hydrogen) atoms. The van der Waals surface area contributed by atoms with Crippen molar-refractivity contribution in [2.75, 3.05) is 7.11 Å². The number of methoxy groups -OCH3 is 1. The van der Waals surface area contributed by atoms with E-state index >= 15 is 0 Å². The van der Waals surface area contributed by atoms with Crippen LogP contribution in [0.25, 0.3) is 0 Å². The van der Waals surface area contributed by atoms with Crippen molar-refractivity contribution >= 4 is 11.9 Å². The van der Waals surface area contributed by atoms with Gasteiger partial charge >= 0.3 is 5.97 Å². The predicted molar refractivity (Wildman–Crippen MR) is 70.8 cm³/mol. The first kappa shape index (κ1) is 14.8. The molecule has 102 valence electrons. The number of phenols is 1. The first-order valence-corrected chi connectivity index (χ1v) is 5.76. The minimum absolute atomic E-state index is 0.0722. The lowest BCUT2D eigenvalue weighted by Gasteiger charge is -2.16. The summed E-state index contributed by atoms with van der Waals surface area (Å²) in [6.07, 6.45) is 0.316. The van der Waals surface area contributed by atoms with Crippen molar-refractivity contribution in [3.63, 3.8) is 0 Å². The van der Waals surface area contributed by atoms with E-state index in [1.54, 1.807) is 6.92 Å². The number of hydrogen-bond acceptors (Lipinski definition) is 4. The molecule has 1 aromatic carbocycles. The zero-order chi connectivity index (χ0) is 14.4. The first-order valence-electron chi connectivity index (χ1n) is 5.76. The van der Waals surface area contributed by atoms with E-state index in [-0.39, 0.29) is 5.75 Å². The van der Waals surface area contributed by atoms with Gasteiger partial charge in [0.15, 0.2) is 0 Å². The summed E-state index contributed by atoms with van der Waals surface area (Å²) in [6.45, 7) is 5.48. The molecule has 0 saturated carbocycles. The average Bonchev–Trinajstić information content (AvgIpc) is 2.37. The Hall–Kier alpha value is -2.30. The molecule has 5 nitrogen and oxygen atoms in total. The molecule has 0 heterocycles. The molecule has 1 amide bonds. The van der Waals surface area contributed by atoms with Crippen molar-refractivity contribution in [1.29, 1.82) is 0 Å². The van der Waals surface area contributed by atoms with Crippen LogP contribution < -0.4 is 5.32 Å². The van der Waals surface area contributed by atoms with Gasteiger partial charge in [-0.2, -0.15) is 0 Å². The highest BCUT2D eigenvalue weighted by molar-refractivity contribution is 5.96. The van der Waals surface area contributed by atoms with Gasteiger partial charge in [0.25, 0.3) is 5.91 Å². The molecule has 0 aliphatic carbocycles. The van der Waals surface area contributed by atoms with Gasteiger partial charge in [0.2, 0.25) is 0 Å². The number of esters is 1. The Morgan fingerprint density at radius 2 is 1.95 bits per heavy atom. The van der Waals surface area contributed by atoms with Crippen LogP contribution in [0.2, 0.25) is 0 Å². The molecule has 0 aliphatic heterocycles. The van der Waals surface area contributed by atoms with Crippen LogP contribution in [-0.4, -0.2) is 30.1 Å². The second-order valence-corrected chi connectivity index (χ2v) is 4.26. The molecule has 0 unspecified atom stereocenters. The number of ether oxygens (including phenoxy) is 1. The van der Waals surface area contributed by atoms with Gasteiger partial charge in [-0.15, -0.1) is 6.58 Å². The Kier molecular flexibility index (Phi) is 5.11. The van der Waals surface area contributed by atoms with Crippen molar-refractivity contribution in [2.45, 2.75) is 19.4 Å². The number of carbonyl (C=O) groups excluding carboxylic acids is 2. The number of aromatic hydroxyl groups is 1. The molecule has 0 aliphatic rings. The van der Waals surface area contributed by atoms with Crippen LogP contribution in [0.5, 0.6) is 5.75 Å². The average molecular weight is 263 g/mol. The van der Waals surface area contributed by atoms with Crippen molar-refractivity contribution < 1.29 is 19.4 Å². The Bertz CT molecular complexity index is 479. The quantitative estimate of drug-likeness (QED) is 0.625. The van der Waals surface area contributed by atoms with Crippen molar-refractivity contribution in [3.8, 4) is 5.75 Å². The maximum absolute atomic E-state index is 11.9. The summed E-state index contributed by atoms with van der Waals surface area (Å²) in [5, 5.41) is 11.7. The highest BCUT2D eigenvalue weighted by Gasteiger charge is 2.21. The zero-order valence-electron chi connectivity index (χ0n) is 11.0. The van der Waals surface area contributed by atoms with Gasteiger partial charge in [-0.1, -0.05) is 5.57 Å². The topological polar surface area (TPSA) is 75.6 Å². The number of amides is 1. The molecular weight excluding hydrogens is 246 g/mol. The highest BCUT2D eigenvalue weighted by atomic mass is 16.5. The van der Waals surface area contributed by atoms with Crippen LogP contribution in [0, 0.1) is 0 Å². The summed E-state index contributed by atoms with van der Waals surface area (Å²) < 4.78 is 4.63. The van der Waals surface area contributed by atoms with Crippen molar-refractivity contribution in [2.24, 2.45) is 0 Å². The molecule has 2 N–H and O–H groups in total. The van der Waals surface area contributed by atoms with Gasteiger partial charge in [-0.25, -0.2) is 4.79 Å². The van der Waals surface area contributed by atoms with Crippen LogP contribution in [0.15, 0.2) is 36.4 Å². The van der Waals surface area contributed by atoms with Crippen LogP contribution >= 0.6 is 0 Å². The Balaban J connectivity index is 2.78. The lowest BCUT2D eigenvalue weighted by atomic mass is 10.1. The lowest BCUT2D eigenvalue weighted by molar-refractivity contribution is -0.142. The summed E-state index contributed by atoms with van der Waals surface area (Å²) in [4.78, 5) is 23.5. The van der Waals surface area contributed by atoms with E-state index in [9.17, 15) is 9.59 Å². The molecule has 5 heteroatoms. The number of rotatable bonds is 5. The maximum atomic E-state index is 11.9. The summed E-state index contributed by atoms with van der Waals surface area (Å²) in [6, 6.07) is 4.99. The molecule has 0 saturated heterocycles. The van der Waals surface area contributed by atoms with E-state index in [0.717, 1.165) is 5.57 Å². The lowest BCUT2D eigenvalue weighted by Crippen LogP contribution is -2.41. The summed E-state index contributed by atoms with van der Waals surface area (Å²) in [5.74, 6) is -0.852. The Labute approximate surface area is 111 Å². The standard InChI is InChI=1S/C14H17NO4/c1-9(2)8-12(14(18)19-3)15-13(17)10-4-6-11(16)7-5-10/h4-7,12,16H,1,8H2,2-3H3,(H,15,17)/t12-/m1/s1. The van der Waals surface area contributed by atoms with Crippen LogP contribution in [0.1, 0.15) is 23.7 Å². The fourth-order valence-electron chi connectivity index (χ4n) is 1.54. The van der Waals surface area contributed by atoms with Gasteiger partial charge in [0.1, 0.15) is 11.8 Å². The number of nitrogens with one attached hydrogen (secondary N) is 1. The van der Waals surface area contributed by atoms with E-state index in [2.05, 4.69) is 16.6 Å². The molecule has 0 spiro atoms. The molecular formula is C14H17NO4. The van der Waals surface area contributed by atoms with Gasteiger partial charge < -0.3 is 15.2 Å². The second kappa shape index (κ2) is 6.58. The van der Waals surface area contributed by atoms with E-state index in [1.165, 1.54) is 31.4 Å². The normalized spacial score (nSPS) is 11.5. The predicted octanol–water partition coefficient (Wildman–Crippen LogP) is 1.63. The molecule has 0 bridgehead atoms. The Morgan fingerprint density at radius 1 is 1.37 bits per heavy atom. The fourth-order valence-corrected chi connectivity index (χ4v) is 1.54. The van der Waals surface area contributed by atoms with E-state index in [1.807, 2.05) is 0 Å². The fraction of sp³-hybridized carbons (Fsp3) is 0.286. The third kappa shape index (κ3) is 4.46. The SMILES string of the molecule is C=C(C)C[C@@H](NC(=O)c1ccc(O)cc1)C(=O)OC. The maximum Gasteiger partial charge on any atom is 0.328 e. The minimum atomic E-state index is -0.760. The van der Waals surface area contributed by atoms with Gasteiger partial charge in [0, 0.05) is 5.56 Å². The van der Waals surface area contributed by atoms with Gasteiger partial charge in [-0.05, 0) is 37.6 Å². The summed E-state index contributed by atoms with van der Waals surface area (Å²) >= 11 is 0. The minimum Gasteiger partial charge on any atom is -0.508 e. The molecule has 1 rings (SSSR count). The number of phenolic OH excluding ortho intramolecular Hbond substituents is 1.